The quantitative estimate of drug-likeness (QED) is 0.799. The lowest BCUT2D eigenvalue weighted by molar-refractivity contribution is -0.113. The smallest absolute Gasteiger partial charge is 0.235 e. The Hall–Kier alpha value is -1.83. The minimum Gasteiger partial charge on any atom is -0.310 e. The largest absolute Gasteiger partial charge is 0.310 e. The number of amides is 1. The molecule has 1 aliphatic carbocycles. The number of aromatic nitrogens is 5. The number of hydrogen-bond acceptors (Lipinski definition) is 5. The molecule has 1 aliphatic rings. The fourth-order valence-corrected chi connectivity index (χ4v) is 2.60. The van der Waals surface area contributed by atoms with Crippen molar-refractivity contribution >= 4 is 23.5 Å². The molecule has 1 saturated carbocycles. The molecule has 0 atom stereocenters. The molecule has 7 nitrogen and oxygen atoms in total. The maximum atomic E-state index is 12.0. The summed E-state index contributed by atoms with van der Waals surface area (Å²) in [5, 5.41) is 14.7. The predicted molar refractivity (Wildman–Crippen MR) is 80.3 cm³/mol. The fourth-order valence-electron chi connectivity index (χ4n) is 2.00. The molecule has 112 valence electrons. The maximum absolute atomic E-state index is 12.0. The van der Waals surface area contributed by atoms with Gasteiger partial charge in [0.1, 0.15) is 11.6 Å². The van der Waals surface area contributed by atoms with E-state index in [1.807, 2.05) is 13.8 Å². The molecule has 2 N–H and O–H groups in total. The van der Waals surface area contributed by atoms with Crippen LogP contribution < -0.4 is 5.32 Å². The van der Waals surface area contributed by atoms with E-state index in [-0.39, 0.29) is 17.7 Å². The van der Waals surface area contributed by atoms with Gasteiger partial charge in [-0.25, -0.2) is 9.67 Å². The lowest BCUT2D eigenvalue weighted by atomic mass is 10.4. The van der Waals surface area contributed by atoms with Gasteiger partial charge in [-0.05, 0) is 26.7 Å². The molecular formula is C13H18N6OS. The maximum Gasteiger partial charge on any atom is 0.235 e. The molecule has 0 aromatic carbocycles. The van der Waals surface area contributed by atoms with E-state index in [9.17, 15) is 4.79 Å². The highest BCUT2D eigenvalue weighted by molar-refractivity contribution is 7.99. The van der Waals surface area contributed by atoms with E-state index >= 15 is 0 Å². The van der Waals surface area contributed by atoms with E-state index in [1.165, 1.54) is 24.6 Å². The van der Waals surface area contributed by atoms with Gasteiger partial charge in [0.15, 0.2) is 0 Å². The first-order chi connectivity index (χ1) is 10.1. The summed E-state index contributed by atoms with van der Waals surface area (Å²) < 4.78 is 1.78. The average Bonchev–Trinajstić information content (AvgIpc) is 3.00. The van der Waals surface area contributed by atoms with Crippen molar-refractivity contribution in [2.75, 3.05) is 11.1 Å². The molecular weight excluding hydrogens is 288 g/mol. The van der Waals surface area contributed by atoms with Crippen molar-refractivity contribution in [3.05, 3.63) is 18.1 Å². The van der Waals surface area contributed by atoms with Gasteiger partial charge in [0, 0.05) is 18.0 Å². The third kappa shape index (κ3) is 3.44. The molecule has 2 aromatic heterocycles. The molecule has 0 bridgehead atoms. The summed E-state index contributed by atoms with van der Waals surface area (Å²) in [6.45, 7) is 4.04. The zero-order chi connectivity index (χ0) is 14.8. The van der Waals surface area contributed by atoms with Gasteiger partial charge in [0.2, 0.25) is 11.1 Å². The Morgan fingerprint density at radius 3 is 3.10 bits per heavy atom. The van der Waals surface area contributed by atoms with Crippen LogP contribution in [0, 0.1) is 0 Å². The number of hydrogen-bond donors (Lipinski definition) is 2. The van der Waals surface area contributed by atoms with Gasteiger partial charge in [-0.1, -0.05) is 11.8 Å². The molecule has 3 rings (SSSR count). The van der Waals surface area contributed by atoms with Crippen LogP contribution in [0.5, 0.6) is 0 Å². The first-order valence-electron chi connectivity index (χ1n) is 7.02. The molecule has 8 heteroatoms. The van der Waals surface area contributed by atoms with Crippen LogP contribution in [0.3, 0.4) is 0 Å². The normalized spacial score (nSPS) is 14.6. The Bertz CT molecular complexity index is 630. The fraction of sp³-hybridized carbons (Fsp3) is 0.538. The van der Waals surface area contributed by atoms with E-state index in [4.69, 9.17) is 0 Å². The second-order valence-corrected chi connectivity index (χ2v) is 6.31. The first kappa shape index (κ1) is 14.1. The van der Waals surface area contributed by atoms with Crippen molar-refractivity contribution in [1.82, 2.24) is 25.0 Å². The molecule has 2 heterocycles. The SMILES string of the molecule is CC(C)n1nccc1NC(=O)CSc1n[nH]c(C2CC2)n1. The van der Waals surface area contributed by atoms with Crippen LogP contribution >= 0.6 is 11.8 Å². The highest BCUT2D eigenvalue weighted by atomic mass is 32.2. The lowest BCUT2D eigenvalue weighted by Gasteiger charge is -2.11. The molecule has 2 aromatic rings. The van der Waals surface area contributed by atoms with Gasteiger partial charge in [0.05, 0.1) is 11.9 Å². The highest BCUT2D eigenvalue weighted by Gasteiger charge is 2.27. The topological polar surface area (TPSA) is 88.5 Å². The molecule has 0 aliphatic heterocycles. The predicted octanol–water partition coefficient (Wildman–Crippen LogP) is 2.19. The van der Waals surface area contributed by atoms with E-state index < -0.39 is 0 Å². The number of nitrogens with one attached hydrogen (secondary N) is 2. The molecule has 0 unspecified atom stereocenters. The van der Waals surface area contributed by atoms with E-state index in [0.29, 0.717) is 16.9 Å². The molecule has 1 fully saturated rings. The summed E-state index contributed by atoms with van der Waals surface area (Å²) in [6.07, 6.45) is 4.04. The van der Waals surface area contributed by atoms with E-state index in [0.717, 1.165) is 5.82 Å². The van der Waals surface area contributed by atoms with E-state index in [2.05, 4.69) is 25.6 Å². The third-order valence-corrected chi connectivity index (χ3v) is 4.05. The third-order valence-electron chi connectivity index (χ3n) is 3.21. The zero-order valence-corrected chi connectivity index (χ0v) is 12.9. The lowest BCUT2D eigenvalue weighted by Crippen LogP contribution is -2.18. The Morgan fingerprint density at radius 2 is 2.38 bits per heavy atom. The van der Waals surface area contributed by atoms with Crippen molar-refractivity contribution in [3.8, 4) is 0 Å². The zero-order valence-electron chi connectivity index (χ0n) is 12.0. The highest BCUT2D eigenvalue weighted by Crippen LogP contribution is 2.38. The molecule has 0 saturated heterocycles. The standard InChI is InChI=1S/C13H18N6OS/c1-8(2)19-10(5-6-14-19)15-11(20)7-21-13-16-12(17-18-13)9-3-4-9/h5-6,8-9H,3-4,7H2,1-2H3,(H,15,20)(H,16,17,18). The number of aromatic amines is 1. The Morgan fingerprint density at radius 1 is 1.57 bits per heavy atom. The number of nitrogens with zero attached hydrogens (tertiary/aromatic N) is 4. The van der Waals surface area contributed by atoms with E-state index in [1.54, 1.807) is 16.9 Å². The van der Waals surface area contributed by atoms with Crippen LogP contribution in [0.2, 0.25) is 0 Å². The van der Waals surface area contributed by atoms with Gasteiger partial charge in [-0.3, -0.25) is 9.89 Å². The number of carbonyl (C=O) groups excluding carboxylic acids is 1. The number of thioether (sulfide) groups is 1. The summed E-state index contributed by atoms with van der Waals surface area (Å²) in [7, 11) is 0. The van der Waals surface area contributed by atoms with Gasteiger partial charge in [-0.15, -0.1) is 5.10 Å². The van der Waals surface area contributed by atoms with Crippen LogP contribution in [0.4, 0.5) is 5.82 Å². The molecule has 0 spiro atoms. The van der Waals surface area contributed by atoms with Crippen LogP contribution in [0.15, 0.2) is 17.4 Å². The van der Waals surface area contributed by atoms with Crippen molar-refractivity contribution in [2.24, 2.45) is 0 Å². The summed E-state index contributed by atoms with van der Waals surface area (Å²) in [5.74, 6) is 2.40. The number of carbonyl (C=O) groups is 1. The Balaban J connectivity index is 1.52. The van der Waals surface area contributed by atoms with Crippen molar-refractivity contribution in [3.63, 3.8) is 0 Å². The number of H-pyrrole nitrogens is 1. The molecule has 21 heavy (non-hydrogen) atoms. The van der Waals surface area contributed by atoms with Gasteiger partial charge in [0.25, 0.3) is 0 Å². The Labute approximate surface area is 126 Å². The minimum atomic E-state index is -0.0832. The summed E-state index contributed by atoms with van der Waals surface area (Å²) >= 11 is 1.34. The van der Waals surface area contributed by atoms with Crippen LogP contribution in [0.1, 0.15) is 44.5 Å². The van der Waals surface area contributed by atoms with Crippen LogP contribution in [-0.4, -0.2) is 36.6 Å². The number of anilines is 1. The van der Waals surface area contributed by atoms with Crippen molar-refractivity contribution in [1.29, 1.82) is 0 Å². The average molecular weight is 306 g/mol. The molecule has 1 amide bonds. The first-order valence-corrected chi connectivity index (χ1v) is 8.00. The minimum absolute atomic E-state index is 0.0832. The second-order valence-electron chi connectivity index (χ2n) is 5.37. The Kier molecular flexibility index (Phi) is 3.96. The molecule has 0 radical (unpaired) electrons. The summed E-state index contributed by atoms with van der Waals surface area (Å²) in [5.41, 5.74) is 0. The monoisotopic (exact) mass is 306 g/mol. The van der Waals surface area contributed by atoms with Gasteiger partial charge in [-0.2, -0.15) is 5.10 Å². The van der Waals surface area contributed by atoms with Gasteiger partial charge < -0.3 is 5.32 Å². The van der Waals surface area contributed by atoms with Crippen LogP contribution in [-0.2, 0) is 4.79 Å². The summed E-state index contributed by atoms with van der Waals surface area (Å²) in [6, 6.07) is 2.00. The number of rotatable bonds is 6. The second kappa shape index (κ2) is 5.88. The van der Waals surface area contributed by atoms with Crippen molar-refractivity contribution < 1.29 is 4.79 Å². The van der Waals surface area contributed by atoms with Crippen molar-refractivity contribution in [2.45, 2.75) is 43.8 Å². The van der Waals surface area contributed by atoms with Gasteiger partial charge >= 0.3 is 0 Å². The summed E-state index contributed by atoms with van der Waals surface area (Å²) in [4.78, 5) is 16.4. The van der Waals surface area contributed by atoms with Crippen LogP contribution in [0.25, 0.3) is 0 Å².